The molecule has 0 aromatic heterocycles. The Balaban J connectivity index is 2.06. The van der Waals surface area contributed by atoms with Gasteiger partial charge in [-0.2, -0.15) is 5.26 Å². The van der Waals surface area contributed by atoms with Gasteiger partial charge in [-0.05, 0) is 18.9 Å². The summed E-state index contributed by atoms with van der Waals surface area (Å²) in [5.74, 6) is -0.347. The fraction of sp³-hybridized carbons (Fsp3) is 0.529. The van der Waals surface area contributed by atoms with E-state index in [4.69, 9.17) is 5.73 Å². The van der Waals surface area contributed by atoms with Crippen molar-refractivity contribution in [3.8, 4) is 6.07 Å². The molecule has 1 aromatic carbocycles. The van der Waals surface area contributed by atoms with Crippen LogP contribution in [0.2, 0.25) is 0 Å². The summed E-state index contributed by atoms with van der Waals surface area (Å²) >= 11 is 0. The smallest absolute Gasteiger partial charge is 0.270 e. The maximum absolute atomic E-state index is 11.6. The first kappa shape index (κ1) is 18.7. The van der Waals surface area contributed by atoms with Gasteiger partial charge >= 0.3 is 0 Å². The molecular weight excluding hydrogens is 322 g/mol. The SMILES string of the molecule is CCCC[C@H](N[C@H]1CCN(c2ccc([N+](=O)[O-])cc2C#N)C1)C(N)=O. The number of carbonyl (C=O) groups excluding carboxylic acids is 1. The fourth-order valence-corrected chi connectivity index (χ4v) is 3.12. The Morgan fingerprint density at radius 3 is 2.96 bits per heavy atom. The largest absolute Gasteiger partial charge is 0.369 e. The summed E-state index contributed by atoms with van der Waals surface area (Å²) in [6.45, 7) is 3.40. The number of benzene rings is 1. The molecule has 1 aromatic rings. The van der Waals surface area contributed by atoms with Gasteiger partial charge in [0.15, 0.2) is 0 Å². The minimum absolute atomic E-state index is 0.0936. The lowest BCUT2D eigenvalue weighted by molar-refractivity contribution is -0.384. The van der Waals surface area contributed by atoms with Crippen LogP contribution in [0.3, 0.4) is 0 Å². The Hall–Kier alpha value is -2.66. The molecule has 2 atom stereocenters. The number of anilines is 1. The van der Waals surface area contributed by atoms with Crippen molar-refractivity contribution in [2.24, 2.45) is 5.73 Å². The number of nitro benzene ring substituents is 1. The fourth-order valence-electron chi connectivity index (χ4n) is 3.12. The van der Waals surface area contributed by atoms with Crippen LogP contribution in [0.1, 0.15) is 38.2 Å². The maximum atomic E-state index is 11.6. The van der Waals surface area contributed by atoms with Crippen LogP contribution in [0.4, 0.5) is 11.4 Å². The lowest BCUT2D eigenvalue weighted by atomic mass is 10.1. The molecule has 1 heterocycles. The Morgan fingerprint density at radius 1 is 1.60 bits per heavy atom. The van der Waals surface area contributed by atoms with Gasteiger partial charge in [0.05, 0.1) is 22.2 Å². The maximum Gasteiger partial charge on any atom is 0.270 e. The number of primary amides is 1. The van der Waals surface area contributed by atoms with Crippen LogP contribution in [0.25, 0.3) is 0 Å². The molecule has 1 saturated heterocycles. The number of unbranched alkanes of at least 4 members (excludes halogenated alkanes) is 1. The van der Waals surface area contributed by atoms with Crippen LogP contribution in [0.15, 0.2) is 18.2 Å². The van der Waals surface area contributed by atoms with Gasteiger partial charge < -0.3 is 16.0 Å². The van der Waals surface area contributed by atoms with Crippen molar-refractivity contribution in [2.75, 3.05) is 18.0 Å². The van der Waals surface area contributed by atoms with Gasteiger partial charge in [-0.25, -0.2) is 0 Å². The first-order chi connectivity index (χ1) is 12.0. The Kier molecular flexibility index (Phi) is 6.31. The molecule has 134 valence electrons. The zero-order valence-corrected chi connectivity index (χ0v) is 14.3. The zero-order chi connectivity index (χ0) is 18.4. The molecule has 1 aliphatic rings. The van der Waals surface area contributed by atoms with E-state index in [1.54, 1.807) is 6.07 Å². The van der Waals surface area contributed by atoms with Gasteiger partial charge in [-0.3, -0.25) is 14.9 Å². The number of hydrogen-bond acceptors (Lipinski definition) is 6. The summed E-state index contributed by atoms with van der Waals surface area (Å²) in [7, 11) is 0. The molecule has 8 nitrogen and oxygen atoms in total. The topological polar surface area (TPSA) is 125 Å². The van der Waals surface area contributed by atoms with E-state index in [1.807, 2.05) is 11.0 Å². The van der Waals surface area contributed by atoms with Crippen LogP contribution in [0.5, 0.6) is 0 Å². The highest BCUT2D eigenvalue weighted by atomic mass is 16.6. The van der Waals surface area contributed by atoms with Gasteiger partial charge in [0, 0.05) is 31.3 Å². The second-order valence-electron chi connectivity index (χ2n) is 6.27. The zero-order valence-electron chi connectivity index (χ0n) is 14.3. The predicted molar refractivity (Wildman–Crippen MR) is 94.1 cm³/mol. The summed E-state index contributed by atoms with van der Waals surface area (Å²) in [6, 6.07) is 6.09. The number of nitrogens with one attached hydrogen (secondary N) is 1. The van der Waals surface area contributed by atoms with E-state index in [2.05, 4.69) is 12.2 Å². The lowest BCUT2D eigenvalue weighted by Crippen LogP contribution is -2.47. The van der Waals surface area contributed by atoms with Crippen LogP contribution in [-0.2, 0) is 4.79 Å². The van der Waals surface area contributed by atoms with Gasteiger partial charge in [0.1, 0.15) is 6.07 Å². The molecule has 25 heavy (non-hydrogen) atoms. The summed E-state index contributed by atoms with van der Waals surface area (Å²) in [5, 5.41) is 23.5. The quantitative estimate of drug-likeness (QED) is 0.545. The van der Waals surface area contributed by atoms with Crippen molar-refractivity contribution in [1.29, 1.82) is 5.26 Å². The van der Waals surface area contributed by atoms with Crippen molar-refractivity contribution >= 4 is 17.3 Å². The normalized spacial score (nSPS) is 17.9. The number of hydrogen-bond donors (Lipinski definition) is 2. The number of carbonyl (C=O) groups is 1. The van der Waals surface area contributed by atoms with E-state index in [0.717, 1.165) is 19.3 Å². The van der Waals surface area contributed by atoms with Crippen molar-refractivity contribution < 1.29 is 9.72 Å². The third kappa shape index (κ3) is 4.67. The van der Waals surface area contributed by atoms with Crippen molar-refractivity contribution in [1.82, 2.24) is 5.32 Å². The molecule has 0 aliphatic carbocycles. The summed E-state index contributed by atoms with van der Waals surface area (Å²) < 4.78 is 0. The molecule has 0 radical (unpaired) electrons. The van der Waals surface area contributed by atoms with Crippen LogP contribution >= 0.6 is 0 Å². The summed E-state index contributed by atoms with van der Waals surface area (Å²) in [4.78, 5) is 23.9. The van der Waals surface area contributed by atoms with Crippen LogP contribution < -0.4 is 16.0 Å². The van der Waals surface area contributed by atoms with E-state index >= 15 is 0 Å². The Morgan fingerprint density at radius 2 is 2.36 bits per heavy atom. The number of nitrogens with two attached hydrogens (primary N) is 1. The Labute approximate surface area is 146 Å². The highest BCUT2D eigenvalue weighted by molar-refractivity contribution is 5.79. The molecule has 8 heteroatoms. The molecule has 0 unspecified atom stereocenters. The van der Waals surface area contributed by atoms with E-state index in [-0.39, 0.29) is 29.2 Å². The second-order valence-corrected chi connectivity index (χ2v) is 6.27. The molecule has 0 bridgehead atoms. The highest BCUT2D eigenvalue weighted by Crippen LogP contribution is 2.28. The standard InChI is InChI=1S/C17H23N5O3/c1-2-3-4-15(17(19)23)20-13-7-8-21(11-13)16-6-5-14(22(24)25)9-12(16)10-18/h5-6,9,13,15,20H,2-4,7-8,11H2,1H3,(H2,19,23)/t13-,15-/m0/s1. The van der Waals surface area contributed by atoms with Crippen LogP contribution in [-0.4, -0.2) is 36.0 Å². The molecule has 1 aliphatic heterocycles. The van der Waals surface area contributed by atoms with E-state index < -0.39 is 4.92 Å². The molecule has 3 N–H and O–H groups in total. The monoisotopic (exact) mass is 345 g/mol. The first-order valence-corrected chi connectivity index (χ1v) is 8.45. The van der Waals surface area contributed by atoms with E-state index in [1.165, 1.54) is 12.1 Å². The third-order valence-corrected chi connectivity index (χ3v) is 4.47. The van der Waals surface area contributed by atoms with Gasteiger partial charge in [-0.1, -0.05) is 19.8 Å². The van der Waals surface area contributed by atoms with Crippen LogP contribution in [0, 0.1) is 21.4 Å². The molecular formula is C17H23N5O3. The number of nitrogens with zero attached hydrogens (tertiary/aromatic N) is 3. The minimum Gasteiger partial charge on any atom is -0.369 e. The minimum atomic E-state index is -0.510. The Bertz CT molecular complexity index is 685. The van der Waals surface area contributed by atoms with Gasteiger partial charge in [-0.15, -0.1) is 0 Å². The molecule has 1 amide bonds. The average Bonchev–Trinajstić information content (AvgIpc) is 3.06. The summed E-state index contributed by atoms with van der Waals surface area (Å²) in [5.41, 5.74) is 6.34. The molecule has 2 rings (SSSR count). The number of amides is 1. The molecule has 0 spiro atoms. The summed E-state index contributed by atoms with van der Waals surface area (Å²) in [6.07, 6.45) is 3.45. The number of non-ortho nitro benzene ring substituents is 1. The van der Waals surface area contributed by atoms with Crippen molar-refractivity contribution in [3.05, 3.63) is 33.9 Å². The third-order valence-electron chi connectivity index (χ3n) is 4.47. The second kappa shape index (κ2) is 8.44. The lowest BCUT2D eigenvalue weighted by Gasteiger charge is -2.22. The highest BCUT2D eigenvalue weighted by Gasteiger charge is 2.28. The predicted octanol–water partition coefficient (Wildman–Crippen LogP) is 1.68. The van der Waals surface area contributed by atoms with E-state index in [0.29, 0.717) is 25.2 Å². The van der Waals surface area contributed by atoms with Gasteiger partial charge in [0.25, 0.3) is 5.69 Å². The average molecular weight is 345 g/mol. The van der Waals surface area contributed by atoms with E-state index in [9.17, 15) is 20.2 Å². The number of rotatable bonds is 8. The number of nitro groups is 1. The molecule has 0 saturated carbocycles. The van der Waals surface area contributed by atoms with Crippen molar-refractivity contribution in [2.45, 2.75) is 44.7 Å². The molecule has 1 fully saturated rings. The van der Waals surface area contributed by atoms with Crippen molar-refractivity contribution in [3.63, 3.8) is 0 Å². The number of nitriles is 1. The first-order valence-electron chi connectivity index (χ1n) is 8.45. The van der Waals surface area contributed by atoms with Gasteiger partial charge in [0.2, 0.25) is 5.91 Å².